The number of likely N-dealkylation sites (N-methyl/N-ethyl adjacent to an activating group) is 1. The molecule has 25 heavy (non-hydrogen) atoms. The van der Waals surface area contributed by atoms with Crippen LogP contribution >= 0.6 is 0 Å². The van der Waals surface area contributed by atoms with Crippen molar-refractivity contribution in [1.82, 2.24) is 4.90 Å². The summed E-state index contributed by atoms with van der Waals surface area (Å²) in [6.07, 6.45) is 6.31. The molecular formula is C23H29NO. The second-order valence-corrected chi connectivity index (χ2v) is 7.79. The molecule has 3 atom stereocenters. The highest BCUT2D eigenvalue weighted by atomic mass is 16.5. The smallest absolute Gasteiger partial charge is 0.122 e. The van der Waals surface area contributed by atoms with Gasteiger partial charge in [-0.15, -0.1) is 0 Å². The molecule has 0 aromatic heterocycles. The second-order valence-electron chi connectivity index (χ2n) is 7.79. The van der Waals surface area contributed by atoms with E-state index in [1.54, 1.807) is 12.7 Å². The predicted molar refractivity (Wildman–Crippen MR) is 103 cm³/mol. The van der Waals surface area contributed by atoms with Gasteiger partial charge in [0.1, 0.15) is 5.75 Å². The van der Waals surface area contributed by atoms with Gasteiger partial charge in [-0.05, 0) is 73.7 Å². The molecule has 0 bridgehead atoms. The number of fused-ring (bicyclic) bond motifs is 3. The Labute approximate surface area is 151 Å². The van der Waals surface area contributed by atoms with Crippen molar-refractivity contribution >= 4 is 0 Å². The van der Waals surface area contributed by atoms with Gasteiger partial charge >= 0.3 is 0 Å². The molecule has 0 spiro atoms. The lowest BCUT2D eigenvalue weighted by atomic mass is 9.73. The first-order valence-corrected chi connectivity index (χ1v) is 9.66. The summed E-state index contributed by atoms with van der Waals surface area (Å²) in [4.78, 5) is 2.62. The van der Waals surface area contributed by atoms with Gasteiger partial charge in [0, 0.05) is 12.6 Å². The first-order valence-electron chi connectivity index (χ1n) is 9.66. The second kappa shape index (κ2) is 7.21. The van der Waals surface area contributed by atoms with Gasteiger partial charge in [0.05, 0.1) is 7.11 Å². The molecular weight excluding hydrogens is 306 g/mol. The van der Waals surface area contributed by atoms with E-state index in [0.29, 0.717) is 12.0 Å². The van der Waals surface area contributed by atoms with Crippen molar-refractivity contribution in [3.05, 3.63) is 65.2 Å². The number of likely N-dealkylation sites (tertiary alicyclic amines) is 1. The van der Waals surface area contributed by atoms with Crippen LogP contribution in [-0.4, -0.2) is 31.6 Å². The van der Waals surface area contributed by atoms with Crippen LogP contribution in [0.1, 0.15) is 41.9 Å². The number of ether oxygens (including phenoxy) is 1. The zero-order chi connectivity index (χ0) is 17.2. The van der Waals surface area contributed by atoms with Crippen LogP contribution in [0.25, 0.3) is 0 Å². The fraction of sp³-hybridized carbons (Fsp3) is 0.478. The normalized spacial score (nSPS) is 26.4. The predicted octanol–water partition coefficient (Wildman–Crippen LogP) is 4.68. The molecule has 2 nitrogen and oxygen atoms in total. The maximum atomic E-state index is 5.64. The van der Waals surface area contributed by atoms with Gasteiger partial charge in [0.25, 0.3) is 0 Å². The highest BCUT2D eigenvalue weighted by Crippen LogP contribution is 2.44. The van der Waals surface area contributed by atoms with E-state index in [4.69, 9.17) is 4.74 Å². The molecule has 1 aliphatic heterocycles. The minimum absolute atomic E-state index is 0.655. The molecule has 2 aromatic carbocycles. The molecule has 0 saturated carbocycles. The van der Waals surface area contributed by atoms with Crippen LogP contribution in [0.2, 0.25) is 0 Å². The molecule has 1 aliphatic carbocycles. The largest absolute Gasteiger partial charge is 0.496 e. The molecule has 4 rings (SSSR count). The fourth-order valence-corrected chi connectivity index (χ4v) is 5.00. The van der Waals surface area contributed by atoms with Crippen LogP contribution in [0.5, 0.6) is 5.75 Å². The van der Waals surface area contributed by atoms with Gasteiger partial charge in [-0.2, -0.15) is 0 Å². The number of methoxy groups -OCH3 is 1. The van der Waals surface area contributed by atoms with E-state index in [-0.39, 0.29) is 0 Å². The number of rotatable bonds is 3. The quantitative estimate of drug-likeness (QED) is 0.807. The summed E-state index contributed by atoms with van der Waals surface area (Å²) in [5.41, 5.74) is 4.47. The topological polar surface area (TPSA) is 12.5 Å². The Kier molecular flexibility index (Phi) is 4.80. The Bertz CT molecular complexity index is 711. The highest BCUT2D eigenvalue weighted by molar-refractivity contribution is 5.44. The lowest BCUT2D eigenvalue weighted by molar-refractivity contribution is 0.230. The van der Waals surface area contributed by atoms with Crippen LogP contribution in [-0.2, 0) is 12.8 Å². The Morgan fingerprint density at radius 1 is 1.00 bits per heavy atom. The van der Waals surface area contributed by atoms with Gasteiger partial charge in [-0.3, -0.25) is 0 Å². The van der Waals surface area contributed by atoms with Crippen molar-refractivity contribution in [3.63, 3.8) is 0 Å². The monoisotopic (exact) mass is 335 g/mol. The number of hydrogen-bond acceptors (Lipinski definition) is 2. The summed E-state index contributed by atoms with van der Waals surface area (Å²) in [6, 6.07) is 18.3. The summed E-state index contributed by atoms with van der Waals surface area (Å²) < 4.78 is 5.64. The van der Waals surface area contributed by atoms with Gasteiger partial charge in [-0.25, -0.2) is 0 Å². The van der Waals surface area contributed by atoms with E-state index in [9.17, 15) is 0 Å². The number of benzene rings is 2. The summed E-state index contributed by atoms with van der Waals surface area (Å²) in [7, 11) is 4.13. The van der Waals surface area contributed by atoms with E-state index in [1.165, 1.54) is 49.8 Å². The summed E-state index contributed by atoms with van der Waals surface area (Å²) in [5.74, 6) is 2.57. The van der Waals surface area contributed by atoms with Crippen molar-refractivity contribution in [2.45, 2.75) is 44.1 Å². The van der Waals surface area contributed by atoms with Crippen molar-refractivity contribution in [1.29, 1.82) is 0 Å². The Morgan fingerprint density at radius 3 is 2.64 bits per heavy atom. The molecule has 2 aromatic rings. The molecule has 0 N–H and O–H groups in total. The molecule has 0 amide bonds. The Morgan fingerprint density at radius 2 is 1.84 bits per heavy atom. The van der Waals surface area contributed by atoms with E-state index in [2.05, 4.69) is 60.5 Å². The molecule has 3 unspecified atom stereocenters. The van der Waals surface area contributed by atoms with Gasteiger partial charge in [0.2, 0.25) is 0 Å². The van der Waals surface area contributed by atoms with E-state index in [0.717, 1.165) is 11.7 Å². The number of hydrogen-bond donors (Lipinski definition) is 0. The molecule has 132 valence electrons. The van der Waals surface area contributed by atoms with E-state index < -0.39 is 0 Å². The van der Waals surface area contributed by atoms with Gasteiger partial charge < -0.3 is 9.64 Å². The van der Waals surface area contributed by atoms with E-state index >= 15 is 0 Å². The fourth-order valence-electron chi connectivity index (χ4n) is 5.00. The summed E-state index contributed by atoms with van der Waals surface area (Å²) >= 11 is 0. The molecule has 2 aliphatic rings. The SMILES string of the molecule is COc1cccc2c1CCC1CCC(Cc3ccccc3)N(C)CC21. The maximum absolute atomic E-state index is 5.64. The standard InChI is InChI=1S/C23H29NO/c1-24-16-22-18(11-13-19(24)15-17-7-4-3-5-8-17)12-14-21-20(22)9-6-10-23(21)25-2/h3-10,18-19,22H,11-16H2,1-2H3. The average Bonchev–Trinajstić information content (AvgIpc) is 2.81. The minimum atomic E-state index is 0.655. The first-order chi connectivity index (χ1) is 12.3. The maximum Gasteiger partial charge on any atom is 0.122 e. The van der Waals surface area contributed by atoms with Gasteiger partial charge in [0.15, 0.2) is 0 Å². The average molecular weight is 335 g/mol. The Balaban J connectivity index is 1.57. The van der Waals surface area contributed by atoms with Crippen LogP contribution in [0, 0.1) is 5.92 Å². The third-order valence-corrected chi connectivity index (χ3v) is 6.42. The zero-order valence-electron chi connectivity index (χ0n) is 15.4. The Hall–Kier alpha value is -1.80. The van der Waals surface area contributed by atoms with Gasteiger partial charge in [-0.1, -0.05) is 42.5 Å². The van der Waals surface area contributed by atoms with E-state index in [1.807, 2.05) is 0 Å². The number of nitrogens with zero attached hydrogens (tertiary/aromatic N) is 1. The van der Waals surface area contributed by atoms with Crippen molar-refractivity contribution in [3.8, 4) is 5.75 Å². The molecule has 1 saturated heterocycles. The molecule has 1 fully saturated rings. The first kappa shape index (κ1) is 16.7. The summed E-state index contributed by atoms with van der Waals surface area (Å²) in [6.45, 7) is 1.17. The molecule has 1 heterocycles. The van der Waals surface area contributed by atoms with Crippen molar-refractivity contribution in [2.24, 2.45) is 5.92 Å². The molecule has 0 radical (unpaired) electrons. The van der Waals surface area contributed by atoms with Crippen LogP contribution in [0.4, 0.5) is 0 Å². The third-order valence-electron chi connectivity index (χ3n) is 6.42. The lowest BCUT2D eigenvalue weighted by Gasteiger charge is -2.35. The lowest BCUT2D eigenvalue weighted by Crippen LogP contribution is -2.35. The van der Waals surface area contributed by atoms with Crippen LogP contribution in [0.15, 0.2) is 48.5 Å². The minimum Gasteiger partial charge on any atom is -0.496 e. The van der Waals surface area contributed by atoms with Crippen LogP contribution in [0.3, 0.4) is 0 Å². The molecule has 2 heteroatoms. The third kappa shape index (κ3) is 3.32. The highest BCUT2D eigenvalue weighted by Gasteiger charge is 2.35. The summed E-state index contributed by atoms with van der Waals surface area (Å²) in [5, 5.41) is 0. The van der Waals surface area contributed by atoms with Crippen molar-refractivity contribution < 1.29 is 4.74 Å². The van der Waals surface area contributed by atoms with Crippen molar-refractivity contribution in [2.75, 3.05) is 20.7 Å². The van der Waals surface area contributed by atoms with Crippen LogP contribution < -0.4 is 4.74 Å². The zero-order valence-corrected chi connectivity index (χ0v) is 15.4.